The third-order valence-electron chi connectivity index (χ3n) is 11.4. The lowest BCUT2D eigenvalue weighted by Gasteiger charge is -2.09. The fourth-order valence-electron chi connectivity index (χ4n) is 8.81. The second kappa shape index (κ2) is 11.6. The summed E-state index contributed by atoms with van der Waals surface area (Å²) in [7, 11) is 0. The van der Waals surface area contributed by atoms with Gasteiger partial charge in [0.15, 0.2) is 0 Å². The number of fused-ring (bicyclic) bond motifs is 12. The predicted octanol–water partition coefficient (Wildman–Crippen LogP) is 14.0. The van der Waals surface area contributed by atoms with E-state index in [9.17, 15) is 10.5 Å². The van der Waals surface area contributed by atoms with E-state index in [1.807, 2.05) is 59.1 Å². The molecule has 0 saturated carbocycles. The quantitative estimate of drug-likeness (QED) is 0.181. The van der Waals surface area contributed by atoms with Gasteiger partial charge in [0.25, 0.3) is 0 Å². The van der Waals surface area contributed by atoms with Crippen LogP contribution in [0.5, 0.6) is 0 Å². The van der Waals surface area contributed by atoms with Gasteiger partial charge in [-0.05, 0) is 120 Å². The minimum atomic E-state index is 0.600. The number of hydrogen-bond donors (Lipinski definition) is 0. The Hall–Kier alpha value is -7.22. The zero-order valence-corrected chi connectivity index (χ0v) is 31.2. The summed E-state index contributed by atoms with van der Waals surface area (Å²) >= 11 is 3.66. The van der Waals surface area contributed by atoms with Crippen LogP contribution in [0, 0.1) is 22.7 Å². The van der Waals surface area contributed by atoms with Crippen molar-refractivity contribution >= 4 is 107 Å². The van der Waals surface area contributed by atoms with Gasteiger partial charge in [0.05, 0.1) is 45.3 Å². The first-order chi connectivity index (χ1) is 27.6. The SMILES string of the molecule is N#Cc1ccc2c(c1)c1cc(C#N)ccc1n2-c1ccc2sc3ccc(-c4ccc5sc6ccc(-n7c8ccccc8c8ccccc87)cc6c5c4)cc3c2c1. The van der Waals surface area contributed by atoms with Gasteiger partial charge in [-0.3, -0.25) is 0 Å². The molecule has 0 aliphatic carbocycles. The maximum absolute atomic E-state index is 9.68. The normalized spacial score (nSPS) is 11.9. The number of thiophene rings is 2. The molecule has 12 rings (SSSR count). The molecule has 0 fully saturated rings. The van der Waals surface area contributed by atoms with Crippen molar-refractivity contribution in [1.29, 1.82) is 10.5 Å². The lowest BCUT2D eigenvalue weighted by molar-refractivity contribution is 1.19. The Morgan fingerprint density at radius 2 is 0.732 bits per heavy atom. The van der Waals surface area contributed by atoms with E-state index >= 15 is 0 Å². The Kier molecular flexibility index (Phi) is 6.48. The summed E-state index contributed by atoms with van der Waals surface area (Å²) in [6, 6.07) is 60.9. The van der Waals surface area contributed by atoms with Crippen LogP contribution in [0.3, 0.4) is 0 Å². The van der Waals surface area contributed by atoms with Crippen molar-refractivity contribution in [2.24, 2.45) is 0 Å². The largest absolute Gasteiger partial charge is 0.309 e. The van der Waals surface area contributed by atoms with Crippen LogP contribution < -0.4 is 0 Å². The minimum Gasteiger partial charge on any atom is -0.309 e. The summed E-state index contributed by atoms with van der Waals surface area (Å²) in [5.74, 6) is 0. The molecule has 12 aromatic rings. The molecule has 8 aromatic carbocycles. The molecule has 4 aromatic heterocycles. The first-order valence-electron chi connectivity index (χ1n) is 18.4. The second-order valence-corrected chi connectivity index (χ2v) is 16.5. The van der Waals surface area contributed by atoms with Crippen LogP contribution in [0.4, 0.5) is 0 Å². The molecule has 6 heteroatoms. The van der Waals surface area contributed by atoms with Crippen molar-refractivity contribution in [2.75, 3.05) is 0 Å². The summed E-state index contributed by atoms with van der Waals surface area (Å²) in [5, 5.41) is 28.8. The summed E-state index contributed by atoms with van der Waals surface area (Å²) < 4.78 is 9.70. The number of benzene rings is 8. The summed E-state index contributed by atoms with van der Waals surface area (Å²) in [4.78, 5) is 0. The minimum absolute atomic E-state index is 0.600. The molecule has 0 atom stereocenters. The van der Waals surface area contributed by atoms with E-state index in [0.29, 0.717) is 11.1 Å². The van der Waals surface area contributed by atoms with Gasteiger partial charge in [0, 0.05) is 73.3 Å². The van der Waals surface area contributed by atoms with E-state index in [1.54, 1.807) is 0 Å². The smallest absolute Gasteiger partial charge is 0.0991 e. The van der Waals surface area contributed by atoms with Crippen LogP contribution in [0.2, 0.25) is 0 Å². The van der Waals surface area contributed by atoms with Gasteiger partial charge < -0.3 is 9.13 Å². The van der Waals surface area contributed by atoms with E-state index in [-0.39, 0.29) is 0 Å². The van der Waals surface area contributed by atoms with Crippen molar-refractivity contribution in [3.8, 4) is 34.6 Å². The Morgan fingerprint density at radius 3 is 1.18 bits per heavy atom. The maximum Gasteiger partial charge on any atom is 0.0991 e. The molecule has 258 valence electrons. The molecule has 0 radical (unpaired) electrons. The fraction of sp³-hybridized carbons (Fsp3) is 0. The number of para-hydroxylation sites is 2. The molecule has 4 nitrogen and oxygen atoms in total. The zero-order valence-electron chi connectivity index (χ0n) is 29.6. The van der Waals surface area contributed by atoms with Crippen LogP contribution >= 0.6 is 22.7 Å². The first-order valence-corrected chi connectivity index (χ1v) is 20.1. The van der Waals surface area contributed by atoms with Crippen molar-refractivity contribution in [3.05, 3.63) is 169 Å². The lowest BCUT2D eigenvalue weighted by atomic mass is 10.0. The van der Waals surface area contributed by atoms with E-state index < -0.39 is 0 Å². The molecule has 0 N–H and O–H groups in total. The van der Waals surface area contributed by atoms with Crippen molar-refractivity contribution in [3.63, 3.8) is 0 Å². The number of nitriles is 2. The molecule has 0 unspecified atom stereocenters. The Morgan fingerprint density at radius 1 is 0.339 bits per heavy atom. The Labute approximate surface area is 328 Å². The molecular weight excluding hydrogens is 721 g/mol. The van der Waals surface area contributed by atoms with Crippen molar-refractivity contribution in [2.45, 2.75) is 0 Å². The third kappa shape index (κ3) is 4.43. The average molecular weight is 747 g/mol. The van der Waals surface area contributed by atoms with Crippen LogP contribution in [0.1, 0.15) is 11.1 Å². The topological polar surface area (TPSA) is 57.4 Å². The lowest BCUT2D eigenvalue weighted by Crippen LogP contribution is -1.93. The highest BCUT2D eigenvalue weighted by atomic mass is 32.1. The molecule has 56 heavy (non-hydrogen) atoms. The average Bonchev–Trinajstić information content (AvgIpc) is 3.99. The maximum atomic E-state index is 9.68. The van der Waals surface area contributed by atoms with Gasteiger partial charge in [-0.25, -0.2) is 0 Å². The fourth-order valence-corrected chi connectivity index (χ4v) is 10.9. The van der Waals surface area contributed by atoms with Gasteiger partial charge in [-0.1, -0.05) is 48.5 Å². The van der Waals surface area contributed by atoms with E-state index in [1.165, 1.54) is 79.0 Å². The highest BCUT2D eigenvalue weighted by Crippen LogP contribution is 2.42. The number of rotatable bonds is 3. The monoisotopic (exact) mass is 746 g/mol. The third-order valence-corrected chi connectivity index (χ3v) is 13.7. The van der Waals surface area contributed by atoms with E-state index in [4.69, 9.17) is 0 Å². The van der Waals surface area contributed by atoms with Crippen LogP contribution in [0.15, 0.2) is 158 Å². The number of hydrogen-bond acceptors (Lipinski definition) is 4. The zero-order chi connectivity index (χ0) is 37.1. The summed E-state index contributed by atoms with van der Waals surface area (Å²) in [6.45, 7) is 0. The predicted molar refractivity (Wildman–Crippen MR) is 236 cm³/mol. The molecule has 4 heterocycles. The molecule has 0 aliphatic heterocycles. The summed E-state index contributed by atoms with van der Waals surface area (Å²) in [6.07, 6.45) is 0. The van der Waals surface area contributed by atoms with Gasteiger partial charge in [0.1, 0.15) is 0 Å². The number of nitrogens with zero attached hydrogens (tertiary/aromatic N) is 4. The summed E-state index contributed by atoms with van der Waals surface area (Å²) in [5.41, 5.74) is 10.2. The molecule has 0 bridgehead atoms. The van der Waals surface area contributed by atoms with Gasteiger partial charge in [0.2, 0.25) is 0 Å². The molecular formula is C50H26N4S2. The van der Waals surface area contributed by atoms with Crippen LogP contribution in [0.25, 0.3) is 106 Å². The Bertz CT molecular complexity index is 3620. The Balaban J connectivity index is 1.01. The highest BCUT2D eigenvalue weighted by Gasteiger charge is 2.17. The molecule has 0 spiro atoms. The van der Waals surface area contributed by atoms with Crippen LogP contribution in [-0.4, -0.2) is 9.13 Å². The van der Waals surface area contributed by atoms with Gasteiger partial charge >= 0.3 is 0 Å². The number of aromatic nitrogens is 2. The van der Waals surface area contributed by atoms with E-state index in [0.717, 1.165) is 27.5 Å². The standard InChI is InChI=1S/C50H26N4S2/c51-27-29-9-15-45-37(21-29)38-22-30(28-52)10-16-46(38)54(45)34-14-20-50-42(26-34)40-24-32(12-18-48(40)56-50)31-11-17-47-39(23-31)41-25-33(13-19-49(41)55-47)53-43-7-3-1-5-35(43)36-6-2-4-8-44(36)53/h1-26H. The van der Waals surface area contributed by atoms with Crippen molar-refractivity contribution in [1.82, 2.24) is 9.13 Å². The van der Waals surface area contributed by atoms with Crippen LogP contribution in [-0.2, 0) is 0 Å². The van der Waals surface area contributed by atoms with E-state index in [2.05, 4.69) is 143 Å². The molecule has 0 amide bonds. The molecule has 0 saturated heterocycles. The molecule has 0 aliphatic rings. The highest BCUT2D eigenvalue weighted by molar-refractivity contribution is 7.26. The van der Waals surface area contributed by atoms with Gasteiger partial charge in [-0.2, -0.15) is 10.5 Å². The van der Waals surface area contributed by atoms with Crippen molar-refractivity contribution < 1.29 is 0 Å². The first kappa shape index (κ1) is 31.2. The van der Waals surface area contributed by atoms with Gasteiger partial charge in [-0.15, -0.1) is 22.7 Å². The second-order valence-electron chi connectivity index (χ2n) is 14.4.